The number of nitrogens with one attached hydrogen (secondary N) is 2. The van der Waals surface area contributed by atoms with Crippen LogP contribution in [0.1, 0.15) is 15.9 Å². The Bertz CT molecular complexity index is 823. The number of methoxy groups -OCH3 is 1. The maximum absolute atomic E-state index is 12.1. The van der Waals surface area contributed by atoms with Gasteiger partial charge in [0.2, 0.25) is 10.0 Å². The van der Waals surface area contributed by atoms with Crippen molar-refractivity contribution in [2.45, 2.75) is 11.4 Å². The lowest BCUT2D eigenvalue weighted by molar-refractivity contribution is 0.0951. The van der Waals surface area contributed by atoms with Crippen LogP contribution in [-0.2, 0) is 21.3 Å². The minimum Gasteiger partial charge on any atom is -0.383 e. The van der Waals surface area contributed by atoms with Crippen LogP contribution in [0.5, 0.6) is 0 Å². The predicted molar refractivity (Wildman–Crippen MR) is 98.8 cm³/mol. The topological polar surface area (TPSA) is 84.5 Å². The van der Waals surface area contributed by atoms with Gasteiger partial charge in [0.05, 0.1) is 11.5 Å². The summed E-state index contributed by atoms with van der Waals surface area (Å²) in [7, 11) is -2.05. The molecule has 0 aliphatic carbocycles. The van der Waals surface area contributed by atoms with Crippen molar-refractivity contribution < 1.29 is 17.9 Å². The van der Waals surface area contributed by atoms with E-state index < -0.39 is 10.0 Å². The number of halogens is 1. The van der Waals surface area contributed by atoms with E-state index in [1.54, 1.807) is 30.3 Å². The molecule has 134 valence electrons. The number of rotatable bonds is 8. The Morgan fingerprint density at radius 2 is 1.88 bits per heavy atom. The van der Waals surface area contributed by atoms with Crippen molar-refractivity contribution in [2.75, 3.05) is 20.3 Å². The Kier molecular flexibility index (Phi) is 7.12. The molecule has 0 aliphatic heterocycles. The van der Waals surface area contributed by atoms with Crippen LogP contribution in [0.15, 0.2) is 57.9 Å². The Labute approximate surface area is 155 Å². The van der Waals surface area contributed by atoms with E-state index in [0.717, 1.165) is 10.0 Å². The summed E-state index contributed by atoms with van der Waals surface area (Å²) < 4.78 is 32.2. The normalized spacial score (nSPS) is 11.3. The van der Waals surface area contributed by atoms with Gasteiger partial charge in [-0.1, -0.05) is 34.1 Å². The predicted octanol–water partition coefficient (Wildman–Crippen LogP) is 2.30. The fourth-order valence-corrected chi connectivity index (χ4v) is 3.47. The van der Waals surface area contributed by atoms with Crippen molar-refractivity contribution >= 4 is 31.9 Å². The smallest absolute Gasteiger partial charge is 0.251 e. The summed E-state index contributed by atoms with van der Waals surface area (Å²) >= 11 is 3.32. The third-order valence-corrected chi connectivity index (χ3v) is 5.34. The van der Waals surface area contributed by atoms with E-state index in [2.05, 4.69) is 26.0 Å². The molecule has 0 saturated heterocycles. The summed E-state index contributed by atoms with van der Waals surface area (Å²) in [5.41, 5.74) is 1.36. The molecule has 25 heavy (non-hydrogen) atoms. The lowest BCUT2D eigenvalue weighted by atomic mass is 10.2. The first-order chi connectivity index (χ1) is 11.9. The molecule has 0 saturated carbocycles. The van der Waals surface area contributed by atoms with E-state index in [9.17, 15) is 13.2 Å². The Morgan fingerprint density at radius 3 is 2.52 bits per heavy atom. The van der Waals surface area contributed by atoms with Crippen molar-refractivity contribution in [3.8, 4) is 0 Å². The zero-order valence-corrected chi connectivity index (χ0v) is 16.1. The number of ether oxygens (including phenoxy) is 1. The molecule has 0 bridgehead atoms. The number of hydrogen-bond donors (Lipinski definition) is 2. The molecule has 0 unspecified atom stereocenters. The van der Waals surface area contributed by atoms with Crippen LogP contribution in [0, 0.1) is 0 Å². The van der Waals surface area contributed by atoms with Gasteiger partial charge in [-0.05, 0) is 35.9 Å². The molecule has 2 aromatic rings. The Hall–Kier alpha value is -1.74. The number of benzene rings is 2. The number of sulfonamides is 1. The second-order valence-corrected chi connectivity index (χ2v) is 7.91. The van der Waals surface area contributed by atoms with E-state index in [1.165, 1.54) is 19.2 Å². The van der Waals surface area contributed by atoms with Crippen LogP contribution in [0.3, 0.4) is 0 Å². The summed E-state index contributed by atoms with van der Waals surface area (Å²) in [5.74, 6) is -0.195. The number of amides is 1. The number of hydrogen-bond acceptors (Lipinski definition) is 4. The van der Waals surface area contributed by atoms with Crippen molar-refractivity contribution in [2.24, 2.45) is 0 Å². The first kappa shape index (κ1) is 19.6. The van der Waals surface area contributed by atoms with Gasteiger partial charge in [-0.3, -0.25) is 4.79 Å². The monoisotopic (exact) mass is 426 g/mol. The highest BCUT2D eigenvalue weighted by Gasteiger charge is 2.13. The summed E-state index contributed by atoms with van der Waals surface area (Å²) in [5, 5.41) is 2.80. The molecule has 2 N–H and O–H groups in total. The summed E-state index contributed by atoms with van der Waals surface area (Å²) in [6.07, 6.45) is 0. The number of carbonyl (C=O) groups is 1. The van der Waals surface area contributed by atoms with E-state index in [-0.39, 0.29) is 17.3 Å². The molecule has 0 radical (unpaired) electrons. The van der Waals surface area contributed by atoms with Crippen LogP contribution in [0.2, 0.25) is 0 Å². The lowest BCUT2D eigenvalue weighted by Crippen LogP contribution is -2.27. The highest BCUT2D eigenvalue weighted by molar-refractivity contribution is 9.10. The largest absolute Gasteiger partial charge is 0.383 e. The van der Waals surface area contributed by atoms with Gasteiger partial charge in [0.25, 0.3) is 5.91 Å². The molecular weight excluding hydrogens is 408 g/mol. The average molecular weight is 427 g/mol. The fourth-order valence-electron chi connectivity index (χ4n) is 2.06. The lowest BCUT2D eigenvalue weighted by Gasteiger charge is -2.08. The third-order valence-electron chi connectivity index (χ3n) is 3.37. The fraction of sp³-hybridized carbons (Fsp3) is 0.235. The van der Waals surface area contributed by atoms with Gasteiger partial charge in [0.15, 0.2) is 0 Å². The maximum atomic E-state index is 12.1. The summed E-state index contributed by atoms with van der Waals surface area (Å²) in [6.45, 7) is 0.824. The molecule has 0 atom stereocenters. The summed E-state index contributed by atoms with van der Waals surface area (Å²) in [4.78, 5) is 12.3. The van der Waals surface area contributed by atoms with Crippen LogP contribution in [0.25, 0.3) is 0 Å². The maximum Gasteiger partial charge on any atom is 0.251 e. The van der Waals surface area contributed by atoms with Gasteiger partial charge in [-0.25, -0.2) is 13.1 Å². The molecule has 1 amide bonds. The second kappa shape index (κ2) is 9.10. The second-order valence-electron chi connectivity index (χ2n) is 5.23. The third kappa shape index (κ3) is 5.93. The van der Waals surface area contributed by atoms with E-state index >= 15 is 0 Å². The van der Waals surface area contributed by atoms with Crippen LogP contribution in [-0.4, -0.2) is 34.6 Å². The van der Waals surface area contributed by atoms with Crippen molar-refractivity contribution in [3.05, 3.63) is 64.1 Å². The number of carbonyl (C=O) groups excluding carboxylic acids is 1. The zero-order chi connectivity index (χ0) is 18.3. The highest BCUT2D eigenvalue weighted by Crippen LogP contribution is 2.13. The Balaban J connectivity index is 1.95. The SMILES string of the molecule is COCCNS(=O)(=O)c1ccc(CNC(=O)c2cccc(Br)c2)cc1. The first-order valence-electron chi connectivity index (χ1n) is 7.54. The van der Waals surface area contributed by atoms with Gasteiger partial charge in [0, 0.05) is 30.2 Å². The molecule has 6 nitrogen and oxygen atoms in total. The molecule has 0 spiro atoms. The molecule has 2 aromatic carbocycles. The standard InChI is InChI=1S/C17H19BrN2O4S/c1-24-10-9-20-25(22,23)16-7-5-13(6-8-16)12-19-17(21)14-3-2-4-15(18)11-14/h2-8,11,20H,9-10,12H2,1H3,(H,19,21). The van der Waals surface area contributed by atoms with Gasteiger partial charge in [0.1, 0.15) is 0 Å². The Morgan fingerprint density at radius 1 is 1.16 bits per heavy atom. The van der Waals surface area contributed by atoms with Crippen LogP contribution in [0.4, 0.5) is 0 Å². The average Bonchev–Trinajstić information content (AvgIpc) is 2.60. The van der Waals surface area contributed by atoms with E-state index in [1.807, 2.05) is 6.07 Å². The molecule has 8 heteroatoms. The molecular formula is C17H19BrN2O4S. The van der Waals surface area contributed by atoms with Crippen molar-refractivity contribution in [1.29, 1.82) is 0 Å². The van der Waals surface area contributed by atoms with Gasteiger partial charge in [-0.15, -0.1) is 0 Å². The minimum atomic E-state index is -3.55. The van der Waals surface area contributed by atoms with Crippen molar-refractivity contribution in [3.63, 3.8) is 0 Å². The van der Waals surface area contributed by atoms with Crippen molar-refractivity contribution in [1.82, 2.24) is 10.0 Å². The molecule has 0 heterocycles. The summed E-state index contributed by atoms with van der Waals surface area (Å²) in [6, 6.07) is 13.5. The van der Waals surface area contributed by atoms with E-state index in [4.69, 9.17) is 4.74 Å². The molecule has 0 fully saturated rings. The molecule has 0 aromatic heterocycles. The first-order valence-corrected chi connectivity index (χ1v) is 9.81. The minimum absolute atomic E-state index is 0.172. The van der Waals surface area contributed by atoms with Gasteiger partial charge < -0.3 is 10.1 Å². The van der Waals surface area contributed by atoms with Crippen LogP contribution >= 0.6 is 15.9 Å². The highest BCUT2D eigenvalue weighted by atomic mass is 79.9. The molecule has 0 aliphatic rings. The van der Waals surface area contributed by atoms with Gasteiger partial charge in [-0.2, -0.15) is 0 Å². The quantitative estimate of drug-likeness (QED) is 0.634. The molecule has 2 rings (SSSR count). The van der Waals surface area contributed by atoms with Crippen LogP contribution < -0.4 is 10.0 Å². The zero-order valence-electron chi connectivity index (χ0n) is 13.7. The van der Waals surface area contributed by atoms with Gasteiger partial charge >= 0.3 is 0 Å². The van der Waals surface area contributed by atoms with E-state index in [0.29, 0.717) is 18.7 Å².